The number of likely N-dealkylation sites (tertiary alicyclic amines) is 1. The van der Waals surface area contributed by atoms with Gasteiger partial charge in [0.05, 0.1) is 12.7 Å². The van der Waals surface area contributed by atoms with Crippen LogP contribution >= 0.6 is 0 Å². The van der Waals surface area contributed by atoms with E-state index >= 15 is 0 Å². The first kappa shape index (κ1) is 16.8. The van der Waals surface area contributed by atoms with Gasteiger partial charge in [0.25, 0.3) is 0 Å². The minimum atomic E-state index is -2.57. The fourth-order valence-electron chi connectivity index (χ4n) is 2.68. The maximum Gasteiger partial charge on any atom is 0.337 e. The van der Waals surface area contributed by atoms with Crippen molar-refractivity contribution in [1.82, 2.24) is 4.90 Å². The number of methoxy groups -OCH3 is 1. The van der Waals surface area contributed by atoms with E-state index in [0.717, 1.165) is 6.07 Å². The van der Waals surface area contributed by atoms with E-state index in [4.69, 9.17) is 0 Å². The number of nitrogens with zero attached hydrogens (tertiary/aromatic N) is 1. The predicted octanol–water partition coefficient (Wildman–Crippen LogP) is 3.62. The second kappa shape index (κ2) is 7.13. The van der Waals surface area contributed by atoms with Crippen LogP contribution in [0.4, 0.5) is 13.2 Å². The van der Waals surface area contributed by atoms with Crippen LogP contribution < -0.4 is 0 Å². The molecule has 6 heteroatoms. The maximum absolute atomic E-state index is 14.1. The van der Waals surface area contributed by atoms with Crippen LogP contribution in [-0.4, -0.2) is 37.0 Å². The number of benzene rings is 1. The molecule has 3 nitrogen and oxygen atoms in total. The summed E-state index contributed by atoms with van der Waals surface area (Å²) in [6.45, 7) is 1.40. The number of hydrogen-bond donors (Lipinski definition) is 0. The molecule has 2 rings (SSSR count). The topological polar surface area (TPSA) is 29.5 Å². The van der Waals surface area contributed by atoms with Crippen LogP contribution in [0, 0.1) is 5.82 Å². The normalized spacial score (nSPS) is 19.3. The molecule has 0 N–H and O–H groups in total. The summed E-state index contributed by atoms with van der Waals surface area (Å²) in [4.78, 5) is 13.3. The minimum absolute atomic E-state index is 0.118. The van der Waals surface area contributed by atoms with Gasteiger partial charge in [0.15, 0.2) is 0 Å². The quantitative estimate of drug-likeness (QED) is 0.798. The molecule has 0 atom stereocenters. The van der Waals surface area contributed by atoms with E-state index in [0.29, 0.717) is 38.0 Å². The van der Waals surface area contributed by atoms with Gasteiger partial charge in [-0.1, -0.05) is 6.07 Å². The molecule has 1 aliphatic heterocycles. The van der Waals surface area contributed by atoms with Gasteiger partial charge in [-0.2, -0.15) is 0 Å². The Morgan fingerprint density at radius 1 is 1.27 bits per heavy atom. The summed E-state index contributed by atoms with van der Waals surface area (Å²) in [5.74, 6) is -3.63. The van der Waals surface area contributed by atoms with Crippen molar-refractivity contribution in [3.8, 4) is 0 Å². The van der Waals surface area contributed by atoms with Crippen LogP contribution in [0.1, 0.15) is 41.6 Å². The lowest BCUT2D eigenvalue weighted by Gasteiger charge is -2.28. The third kappa shape index (κ3) is 4.47. The number of ether oxygens (including phenoxy) is 1. The molecule has 0 unspecified atom stereocenters. The van der Waals surface area contributed by atoms with Crippen molar-refractivity contribution in [2.45, 2.75) is 38.2 Å². The van der Waals surface area contributed by atoms with Crippen LogP contribution in [0.15, 0.2) is 18.2 Å². The minimum Gasteiger partial charge on any atom is -0.465 e. The van der Waals surface area contributed by atoms with Crippen LogP contribution in [0.2, 0.25) is 0 Å². The first-order valence-electron chi connectivity index (χ1n) is 7.38. The predicted molar refractivity (Wildman–Crippen MR) is 76.4 cm³/mol. The summed E-state index contributed by atoms with van der Waals surface area (Å²) in [5, 5.41) is 0. The number of carbonyl (C=O) groups excluding carboxylic acids is 1. The summed E-state index contributed by atoms with van der Waals surface area (Å²) >= 11 is 0. The van der Waals surface area contributed by atoms with Gasteiger partial charge in [-0.05, 0) is 38.1 Å². The zero-order valence-corrected chi connectivity index (χ0v) is 12.6. The van der Waals surface area contributed by atoms with Gasteiger partial charge >= 0.3 is 5.97 Å². The first-order chi connectivity index (χ1) is 10.4. The van der Waals surface area contributed by atoms with E-state index in [2.05, 4.69) is 4.74 Å². The monoisotopic (exact) mass is 315 g/mol. The van der Waals surface area contributed by atoms with E-state index in [-0.39, 0.29) is 18.4 Å². The van der Waals surface area contributed by atoms with E-state index in [1.807, 2.05) is 4.90 Å². The Morgan fingerprint density at radius 2 is 1.91 bits per heavy atom. The molecule has 1 saturated heterocycles. The zero-order valence-electron chi connectivity index (χ0n) is 12.6. The molecule has 0 saturated carbocycles. The summed E-state index contributed by atoms with van der Waals surface area (Å²) in [7, 11) is 1.24. The van der Waals surface area contributed by atoms with Gasteiger partial charge < -0.3 is 4.74 Å². The Hall–Kier alpha value is -1.56. The van der Waals surface area contributed by atoms with E-state index in [1.165, 1.54) is 13.2 Å². The number of hydrogen-bond acceptors (Lipinski definition) is 3. The van der Waals surface area contributed by atoms with Crippen molar-refractivity contribution < 1.29 is 22.7 Å². The van der Waals surface area contributed by atoms with Crippen LogP contribution in [0.5, 0.6) is 0 Å². The van der Waals surface area contributed by atoms with E-state index < -0.39 is 17.7 Å². The molecule has 1 aromatic carbocycles. The van der Waals surface area contributed by atoms with Gasteiger partial charge in [0, 0.05) is 24.9 Å². The largest absolute Gasteiger partial charge is 0.465 e. The molecule has 0 aromatic heterocycles. The van der Waals surface area contributed by atoms with Crippen molar-refractivity contribution in [1.29, 1.82) is 0 Å². The number of halogens is 3. The van der Waals surface area contributed by atoms with Crippen molar-refractivity contribution in [3.63, 3.8) is 0 Å². The van der Waals surface area contributed by atoms with E-state index in [1.54, 1.807) is 6.07 Å². The fraction of sp³-hybridized carbons (Fsp3) is 0.562. The lowest BCUT2D eigenvalue weighted by molar-refractivity contribution is -0.0307. The Balaban J connectivity index is 2.00. The molecule has 122 valence electrons. The fourth-order valence-corrected chi connectivity index (χ4v) is 2.68. The molecule has 0 spiro atoms. The average Bonchev–Trinajstić information content (AvgIpc) is 2.46. The highest BCUT2D eigenvalue weighted by Crippen LogP contribution is 2.28. The van der Waals surface area contributed by atoms with Crippen molar-refractivity contribution in [2.75, 3.05) is 20.2 Å². The average molecular weight is 315 g/mol. The van der Waals surface area contributed by atoms with E-state index in [9.17, 15) is 18.0 Å². The number of rotatable bonds is 3. The van der Waals surface area contributed by atoms with Gasteiger partial charge in [0.2, 0.25) is 5.92 Å². The molecule has 0 amide bonds. The molecule has 1 aliphatic rings. The Labute approximate surface area is 128 Å². The molecule has 1 heterocycles. The van der Waals surface area contributed by atoms with Gasteiger partial charge in [-0.25, -0.2) is 18.0 Å². The lowest BCUT2D eigenvalue weighted by atomic mass is 10.0. The van der Waals surface area contributed by atoms with Crippen molar-refractivity contribution in [3.05, 3.63) is 35.1 Å². The first-order valence-corrected chi connectivity index (χ1v) is 7.38. The molecule has 22 heavy (non-hydrogen) atoms. The molecular weight excluding hydrogens is 295 g/mol. The smallest absolute Gasteiger partial charge is 0.337 e. The molecule has 1 fully saturated rings. The van der Waals surface area contributed by atoms with Gasteiger partial charge in [-0.15, -0.1) is 0 Å². The molecule has 1 aromatic rings. The zero-order chi connectivity index (χ0) is 16.2. The van der Waals surface area contributed by atoms with Crippen LogP contribution in [0.25, 0.3) is 0 Å². The second-order valence-corrected chi connectivity index (χ2v) is 5.64. The van der Waals surface area contributed by atoms with Crippen LogP contribution in [-0.2, 0) is 11.3 Å². The molecule has 0 radical (unpaired) electrons. The lowest BCUT2D eigenvalue weighted by Crippen LogP contribution is -2.31. The highest BCUT2D eigenvalue weighted by molar-refractivity contribution is 5.89. The Morgan fingerprint density at radius 3 is 2.45 bits per heavy atom. The third-order valence-corrected chi connectivity index (χ3v) is 3.90. The van der Waals surface area contributed by atoms with Gasteiger partial charge in [-0.3, -0.25) is 4.90 Å². The molecule has 0 bridgehead atoms. The van der Waals surface area contributed by atoms with Crippen molar-refractivity contribution in [2.24, 2.45) is 0 Å². The molecular formula is C16H20F3NO2. The van der Waals surface area contributed by atoms with Gasteiger partial charge in [0.1, 0.15) is 5.82 Å². The number of alkyl halides is 2. The highest BCUT2D eigenvalue weighted by Gasteiger charge is 2.29. The standard InChI is InChI=1S/C16H20F3NO2/c1-22-15(21)12-4-5-13(14(17)10-12)11-20-8-2-6-16(18,19)7-3-9-20/h4-5,10H,2-3,6-9,11H2,1H3. The number of carbonyl (C=O) groups is 1. The summed E-state index contributed by atoms with van der Waals surface area (Å²) < 4.78 is 45.2. The molecule has 0 aliphatic carbocycles. The maximum atomic E-state index is 14.1. The summed E-state index contributed by atoms with van der Waals surface area (Å²) in [6, 6.07) is 4.22. The van der Waals surface area contributed by atoms with Crippen molar-refractivity contribution >= 4 is 5.97 Å². The summed E-state index contributed by atoms with van der Waals surface area (Å²) in [6.07, 6.45) is 0.560. The summed E-state index contributed by atoms with van der Waals surface area (Å²) in [5.41, 5.74) is 0.621. The number of esters is 1. The second-order valence-electron chi connectivity index (χ2n) is 5.64. The SMILES string of the molecule is COC(=O)c1ccc(CN2CCCC(F)(F)CCC2)c(F)c1. The Bertz CT molecular complexity index is 522. The third-order valence-electron chi connectivity index (χ3n) is 3.90. The highest BCUT2D eigenvalue weighted by atomic mass is 19.3. The van der Waals surface area contributed by atoms with Crippen LogP contribution in [0.3, 0.4) is 0 Å². The Kier molecular flexibility index (Phi) is 5.45.